The van der Waals surface area contributed by atoms with Gasteiger partial charge in [-0.3, -0.25) is 9.59 Å². The van der Waals surface area contributed by atoms with E-state index in [2.05, 4.69) is 20.3 Å². The standard InChI is InChI=1S/C22H22ClN5O2/c1-14(29)28-10-7-17(8-11-28)26-22-25-13-19(23)20(27-22)16-5-2-4-15(12-16)18-6-3-9-24-21(18)30/h2-6,9,12-13,17H,7-8,10-11H2,1H3,(H,24,30)(H,25,26,27). The molecule has 0 spiro atoms. The Morgan fingerprint density at radius 2 is 1.97 bits per heavy atom. The summed E-state index contributed by atoms with van der Waals surface area (Å²) in [7, 11) is 0. The Balaban J connectivity index is 1.57. The Hall–Kier alpha value is -3.19. The highest BCUT2D eigenvalue weighted by Gasteiger charge is 2.21. The smallest absolute Gasteiger partial charge is 0.255 e. The van der Waals surface area contributed by atoms with Crippen LogP contribution in [0, 0.1) is 0 Å². The highest BCUT2D eigenvalue weighted by atomic mass is 35.5. The average Bonchev–Trinajstić information content (AvgIpc) is 2.76. The van der Waals surface area contributed by atoms with E-state index in [0.717, 1.165) is 37.1 Å². The van der Waals surface area contributed by atoms with E-state index in [1.54, 1.807) is 31.5 Å². The predicted octanol–water partition coefficient (Wildman–Crippen LogP) is 3.58. The fourth-order valence-electron chi connectivity index (χ4n) is 3.64. The molecule has 0 atom stereocenters. The van der Waals surface area contributed by atoms with Crippen molar-refractivity contribution in [1.82, 2.24) is 19.9 Å². The highest BCUT2D eigenvalue weighted by Crippen LogP contribution is 2.29. The van der Waals surface area contributed by atoms with Crippen molar-refractivity contribution in [3.8, 4) is 22.4 Å². The van der Waals surface area contributed by atoms with Gasteiger partial charge in [0.2, 0.25) is 11.9 Å². The monoisotopic (exact) mass is 423 g/mol. The molecule has 1 fully saturated rings. The number of amides is 1. The highest BCUT2D eigenvalue weighted by molar-refractivity contribution is 6.32. The lowest BCUT2D eigenvalue weighted by Gasteiger charge is -2.31. The number of aromatic nitrogens is 3. The van der Waals surface area contributed by atoms with E-state index < -0.39 is 0 Å². The molecule has 0 unspecified atom stereocenters. The number of piperidine rings is 1. The number of halogens is 1. The minimum absolute atomic E-state index is 0.107. The molecular formula is C22H22ClN5O2. The van der Waals surface area contributed by atoms with Gasteiger partial charge in [0.25, 0.3) is 5.56 Å². The van der Waals surface area contributed by atoms with Crippen LogP contribution in [0.2, 0.25) is 5.02 Å². The number of H-pyrrole nitrogens is 1. The molecule has 0 bridgehead atoms. The minimum Gasteiger partial charge on any atom is -0.351 e. The summed E-state index contributed by atoms with van der Waals surface area (Å²) in [6, 6.07) is 11.3. The number of pyridine rings is 1. The van der Waals surface area contributed by atoms with Crippen LogP contribution in [0.4, 0.5) is 5.95 Å². The molecule has 1 saturated heterocycles. The lowest BCUT2D eigenvalue weighted by molar-refractivity contribution is -0.129. The second kappa shape index (κ2) is 8.67. The first-order chi connectivity index (χ1) is 14.5. The normalized spacial score (nSPS) is 14.5. The van der Waals surface area contributed by atoms with Crippen molar-refractivity contribution in [2.45, 2.75) is 25.8 Å². The molecule has 1 aromatic carbocycles. The van der Waals surface area contributed by atoms with E-state index >= 15 is 0 Å². The molecule has 1 amide bonds. The number of rotatable bonds is 4. The van der Waals surface area contributed by atoms with Crippen molar-refractivity contribution in [2.24, 2.45) is 0 Å². The van der Waals surface area contributed by atoms with Gasteiger partial charge in [0, 0.05) is 43.4 Å². The molecule has 30 heavy (non-hydrogen) atoms. The van der Waals surface area contributed by atoms with Crippen LogP contribution in [-0.4, -0.2) is 44.9 Å². The Labute approximate surface area is 179 Å². The van der Waals surface area contributed by atoms with Crippen molar-refractivity contribution in [3.63, 3.8) is 0 Å². The topological polar surface area (TPSA) is 91.0 Å². The van der Waals surface area contributed by atoms with Crippen molar-refractivity contribution in [2.75, 3.05) is 18.4 Å². The molecule has 3 heterocycles. The molecule has 154 valence electrons. The first kappa shape index (κ1) is 20.1. The lowest BCUT2D eigenvalue weighted by Crippen LogP contribution is -2.41. The molecule has 1 aliphatic rings. The van der Waals surface area contributed by atoms with Gasteiger partial charge in [0.1, 0.15) is 0 Å². The van der Waals surface area contributed by atoms with Gasteiger partial charge in [-0.25, -0.2) is 9.97 Å². The predicted molar refractivity (Wildman–Crippen MR) is 117 cm³/mol. The number of hydrogen-bond donors (Lipinski definition) is 2. The van der Waals surface area contributed by atoms with Gasteiger partial charge in [0.15, 0.2) is 0 Å². The second-order valence-corrected chi connectivity index (χ2v) is 7.72. The van der Waals surface area contributed by atoms with Gasteiger partial charge in [-0.2, -0.15) is 0 Å². The number of carbonyl (C=O) groups excluding carboxylic acids is 1. The van der Waals surface area contributed by atoms with Crippen LogP contribution >= 0.6 is 11.6 Å². The van der Waals surface area contributed by atoms with E-state index in [9.17, 15) is 9.59 Å². The summed E-state index contributed by atoms with van der Waals surface area (Å²) in [5, 5.41) is 3.80. The maximum atomic E-state index is 12.1. The SMILES string of the molecule is CC(=O)N1CCC(Nc2ncc(Cl)c(-c3cccc(-c4ccc[nH]c4=O)c3)n2)CC1. The largest absolute Gasteiger partial charge is 0.351 e. The molecular weight excluding hydrogens is 402 g/mol. The van der Waals surface area contributed by atoms with Gasteiger partial charge in [-0.1, -0.05) is 29.8 Å². The Kier molecular flexibility index (Phi) is 5.81. The van der Waals surface area contributed by atoms with E-state index in [4.69, 9.17) is 11.6 Å². The maximum absolute atomic E-state index is 12.1. The van der Waals surface area contributed by atoms with Crippen LogP contribution in [-0.2, 0) is 4.79 Å². The van der Waals surface area contributed by atoms with Gasteiger partial charge >= 0.3 is 0 Å². The number of likely N-dealkylation sites (tertiary alicyclic amines) is 1. The molecule has 4 rings (SSSR count). The molecule has 1 aliphatic heterocycles. The summed E-state index contributed by atoms with van der Waals surface area (Å²) in [4.78, 5) is 37.1. The zero-order chi connectivity index (χ0) is 21.1. The summed E-state index contributed by atoms with van der Waals surface area (Å²) < 4.78 is 0. The summed E-state index contributed by atoms with van der Waals surface area (Å²) in [6.45, 7) is 3.04. The second-order valence-electron chi connectivity index (χ2n) is 7.31. The third-order valence-corrected chi connectivity index (χ3v) is 5.56. The van der Waals surface area contributed by atoms with Crippen molar-refractivity contribution in [1.29, 1.82) is 0 Å². The quantitative estimate of drug-likeness (QED) is 0.669. The molecule has 8 heteroatoms. The number of anilines is 1. The Morgan fingerprint density at radius 3 is 2.70 bits per heavy atom. The van der Waals surface area contributed by atoms with Crippen LogP contribution in [0.15, 0.2) is 53.6 Å². The van der Waals surface area contributed by atoms with Gasteiger partial charge in [-0.15, -0.1) is 0 Å². The molecule has 0 radical (unpaired) electrons. The lowest BCUT2D eigenvalue weighted by atomic mass is 10.0. The van der Waals surface area contributed by atoms with Crippen molar-refractivity contribution >= 4 is 23.5 Å². The van der Waals surface area contributed by atoms with Crippen LogP contribution in [0.5, 0.6) is 0 Å². The number of aromatic amines is 1. The van der Waals surface area contributed by atoms with E-state index in [1.165, 1.54) is 0 Å². The zero-order valence-corrected chi connectivity index (χ0v) is 17.3. The maximum Gasteiger partial charge on any atom is 0.255 e. The van der Waals surface area contributed by atoms with Crippen LogP contribution in [0.25, 0.3) is 22.4 Å². The fraction of sp³-hybridized carbons (Fsp3) is 0.273. The Morgan fingerprint density at radius 1 is 1.20 bits per heavy atom. The van der Waals surface area contributed by atoms with Gasteiger partial charge in [0.05, 0.1) is 16.9 Å². The molecule has 7 nitrogen and oxygen atoms in total. The van der Waals surface area contributed by atoms with Crippen molar-refractivity contribution in [3.05, 3.63) is 64.2 Å². The van der Waals surface area contributed by atoms with Crippen LogP contribution < -0.4 is 10.9 Å². The molecule has 0 saturated carbocycles. The third kappa shape index (κ3) is 4.36. The van der Waals surface area contributed by atoms with Crippen LogP contribution in [0.3, 0.4) is 0 Å². The first-order valence-electron chi connectivity index (χ1n) is 9.84. The van der Waals surface area contributed by atoms with E-state index in [0.29, 0.717) is 22.2 Å². The summed E-state index contributed by atoms with van der Waals surface area (Å²) in [5.41, 5.74) is 2.63. The molecule has 0 aliphatic carbocycles. The van der Waals surface area contributed by atoms with Crippen molar-refractivity contribution < 1.29 is 4.79 Å². The van der Waals surface area contributed by atoms with E-state index in [1.807, 2.05) is 29.2 Å². The molecule has 3 aromatic rings. The molecule has 2 aromatic heterocycles. The first-order valence-corrected chi connectivity index (χ1v) is 10.2. The van der Waals surface area contributed by atoms with E-state index in [-0.39, 0.29) is 17.5 Å². The minimum atomic E-state index is -0.150. The zero-order valence-electron chi connectivity index (χ0n) is 16.6. The summed E-state index contributed by atoms with van der Waals surface area (Å²) >= 11 is 6.39. The fourth-order valence-corrected chi connectivity index (χ4v) is 3.84. The van der Waals surface area contributed by atoms with Gasteiger partial charge < -0.3 is 15.2 Å². The Bertz CT molecular complexity index is 1120. The van der Waals surface area contributed by atoms with Gasteiger partial charge in [-0.05, 0) is 36.6 Å². The molecule has 2 N–H and O–H groups in total. The summed E-state index contributed by atoms with van der Waals surface area (Å²) in [6.07, 6.45) is 4.87. The average molecular weight is 424 g/mol. The number of carbonyl (C=O) groups is 1. The summed E-state index contributed by atoms with van der Waals surface area (Å²) in [5.74, 6) is 0.606. The third-order valence-electron chi connectivity index (χ3n) is 5.28. The van der Waals surface area contributed by atoms with Crippen LogP contribution in [0.1, 0.15) is 19.8 Å². The number of nitrogens with one attached hydrogen (secondary N) is 2. The number of benzene rings is 1. The number of hydrogen-bond acceptors (Lipinski definition) is 5. The number of nitrogens with zero attached hydrogens (tertiary/aromatic N) is 3.